The number of rotatable bonds is 18. The van der Waals surface area contributed by atoms with E-state index in [0.29, 0.717) is 50.2 Å². The molecule has 0 saturated carbocycles. The van der Waals surface area contributed by atoms with Crippen molar-refractivity contribution in [1.82, 2.24) is 19.4 Å². The Balaban J connectivity index is 1.01. The van der Waals surface area contributed by atoms with Gasteiger partial charge in [-0.15, -0.1) is 11.8 Å². The number of benzene rings is 4. The number of amides is 2. The van der Waals surface area contributed by atoms with Gasteiger partial charge in [0, 0.05) is 103 Å². The van der Waals surface area contributed by atoms with E-state index in [1.54, 1.807) is 17.0 Å². The van der Waals surface area contributed by atoms with E-state index >= 15 is 0 Å². The lowest BCUT2D eigenvalue weighted by Crippen LogP contribution is -2.50. The fourth-order valence-corrected chi connectivity index (χ4v) is 12.2. The van der Waals surface area contributed by atoms with Crippen molar-refractivity contribution in [2.24, 2.45) is 10.5 Å². The van der Waals surface area contributed by atoms with E-state index in [4.69, 9.17) is 17.1 Å². The highest BCUT2D eigenvalue weighted by Gasteiger charge is 2.48. The van der Waals surface area contributed by atoms with Gasteiger partial charge in [-0.1, -0.05) is 66.5 Å². The molecule has 2 fully saturated rings. The predicted octanol–water partition coefficient (Wildman–Crippen LogP) is 8.96. The number of nitrogens with one attached hydrogen (secondary N) is 2. The first-order valence-corrected chi connectivity index (χ1v) is 27.6. The standard InChI is InChI=1S/C49H57ClF3N9O6S3/c1-48(2)20-18-43(35-8-12-38(50)13-9-35)37(31-48)33-60-24-26-61(27-25-60)40-14-10-36(11-15-40)47(64)57-71(67,68)42-16-17-44(45(30-42)70(65,66)49(51,52)53)56-39(34-69-41-6-4-3-5-7-41)19-21-59-22-28-62(29-23-59)46(63)32-55-58-54/h3-17,30,39,56H,18-29,31-34H2,1-2H3,(H,57,64). The van der Waals surface area contributed by atoms with Crippen LogP contribution in [0.1, 0.15) is 55.5 Å². The minimum Gasteiger partial charge on any atom is -0.380 e. The van der Waals surface area contributed by atoms with E-state index in [2.05, 4.69) is 56.0 Å². The number of halogens is 4. The van der Waals surface area contributed by atoms with Crippen LogP contribution in [0.4, 0.5) is 24.5 Å². The molecular formula is C49H57ClF3N9O6S3. The molecule has 2 heterocycles. The number of anilines is 2. The number of hydrogen-bond acceptors (Lipinski definition) is 12. The summed E-state index contributed by atoms with van der Waals surface area (Å²) in [4.78, 5) is 35.3. The Kier molecular flexibility index (Phi) is 17.4. The second-order valence-electron chi connectivity index (χ2n) is 18.6. The van der Waals surface area contributed by atoms with Crippen LogP contribution in [-0.4, -0.2) is 133 Å². The fraction of sp³-hybridized carbons (Fsp3) is 0.429. The van der Waals surface area contributed by atoms with E-state index in [9.17, 15) is 39.6 Å². The second kappa shape index (κ2) is 23.1. The van der Waals surface area contributed by atoms with Crippen LogP contribution in [0.15, 0.2) is 122 Å². The number of sulfone groups is 1. The van der Waals surface area contributed by atoms with Gasteiger partial charge < -0.3 is 15.1 Å². The maximum Gasteiger partial charge on any atom is 0.501 e. The summed E-state index contributed by atoms with van der Waals surface area (Å²) in [5.74, 6) is -1.07. The van der Waals surface area contributed by atoms with Crippen LogP contribution in [0.3, 0.4) is 0 Å². The minimum atomic E-state index is -6.12. The summed E-state index contributed by atoms with van der Waals surface area (Å²) in [6, 6.07) is 25.3. The molecule has 0 bridgehead atoms. The Morgan fingerprint density at radius 2 is 1.54 bits per heavy atom. The number of sulfonamides is 1. The first-order valence-electron chi connectivity index (χ1n) is 23.2. The third-order valence-corrected chi connectivity index (χ3v) is 17.4. The van der Waals surface area contributed by atoms with Gasteiger partial charge in [-0.05, 0) is 114 Å². The molecule has 15 nitrogen and oxygen atoms in total. The lowest BCUT2D eigenvalue weighted by molar-refractivity contribution is -0.131. The molecule has 0 spiro atoms. The summed E-state index contributed by atoms with van der Waals surface area (Å²) >= 11 is 7.59. The van der Waals surface area contributed by atoms with Crippen molar-refractivity contribution in [3.63, 3.8) is 0 Å². The van der Waals surface area contributed by atoms with Crippen LogP contribution in [0.5, 0.6) is 0 Å². The van der Waals surface area contributed by atoms with Crippen LogP contribution in [0.25, 0.3) is 16.0 Å². The predicted molar refractivity (Wildman–Crippen MR) is 272 cm³/mol. The summed E-state index contributed by atoms with van der Waals surface area (Å²) in [6.07, 6.45) is 3.44. The minimum absolute atomic E-state index is 0.0288. The molecule has 1 aliphatic carbocycles. The van der Waals surface area contributed by atoms with Gasteiger partial charge in [-0.2, -0.15) is 13.2 Å². The van der Waals surface area contributed by atoms with Crippen molar-refractivity contribution in [1.29, 1.82) is 0 Å². The lowest BCUT2D eigenvalue weighted by Gasteiger charge is -2.39. The number of carbonyl (C=O) groups is 2. The third-order valence-electron chi connectivity index (χ3n) is 13.1. The summed E-state index contributed by atoms with van der Waals surface area (Å²) in [7, 11) is -11.0. The Morgan fingerprint density at radius 3 is 2.18 bits per heavy atom. The van der Waals surface area contributed by atoms with Crippen LogP contribution in [-0.2, 0) is 24.7 Å². The molecule has 380 valence electrons. The molecule has 0 radical (unpaired) electrons. The molecule has 22 heteroatoms. The zero-order valence-electron chi connectivity index (χ0n) is 39.4. The highest BCUT2D eigenvalue weighted by molar-refractivity contribution is 7.99. The maximum atomic E-state index is 14.3. The van der Waals surface area contributed by atoms with Crippen LogP contribution >= 0.6 is 23.4 Å². The quantitative estimate of drug-likeness (QED) is 0.0419. The van der Waals surface area contributed by atoms with Crippen LogP contribution < -0.4 is 14.9 Å². The van der Waals surface area contributed by atoms with E-state index < -0.39 is 52.8 Å². The molecule has 2 saturated heterocycles. The molecule has 1 atom stereocenters. The van der Waals surface area contributed by atoms with Gasteiger partial charge >= 0.3 is 5.51 Å². The number of allylic oxidation sites excluding steroid dienone is 1. The molecule has 2 amide bonds. The highest BCUT2D eigenvalue weighted by atomic mass is 35.5. The molecule has 2 aliphatic heterocycles. The molecule has 4 aromatic rings. The number of alkyl halides is 3. The number of carbonyl (C=O) groups excluding carboxylic acids is 2. The molecular weight excluding hydrogens is 999 g/mol. The van der Waals surface area contributed by atoms with Crippen molar-refractivity contribution >= 4 is 72.0 Å². The van der Waals surface area contributed by atoms with Gasteiger partial charge in [0.1, 0.15) is 11.4 Å². The van der Waals surface area contributed by atoms with Gasteiger partial charge in [0.15, 0.2) is 0 Å². The Bertz CT molecular complexity index is 2840. The summed E-state index contributed by atoms with van der Waals surface area (Å²) in [5, 5.41) is 7.00. The zero-order valence-corrected chi connectivity index (χ0v) is 42.7. The monoisotopic (exact) mass is 1060 g/mol. The average molecular weight is 1060 g/mol. The topological polar surface area (TPSA) is 188 Å². The largest absolute Gasteiger partial charge is 0.501 e. The van der Waals surface area contributed by atoms with Gasteiger partial charge in [-0.3, -0.25) is 19.4 Å². The number of thioether (sulfide) groups is 1. The van der Waals surface area contributed by atoms with Crippen molar-refractivity contribution < 1.29 is 39.6 Å². The number of azide groups is 1. The zero-order chi connectivity index (χ0) is 51.0. The molecule has 3 aliphatic rings. The summed E-state index contributed by atoms with van der Waals surface area (Å²) in [6.45, 7) is 10.3. The Morgan fingerprint density at radius 1 is 0.873 bits per heavy atom. The van der Waals surface area contributed by atoms with Gasteiger partial charge in [-0.25, -0.2) is 21.6 Å². The van der Waals surface area contributed by atoms with Crippen LogP contribution in [0.2, 0.25) is 5.02 Å². The number of hydrogen-bond donors (Lipinski definition) is 2. The molecule has 0 aromatic heterocycles. The van der Waals surface area contributed by atoms with E-state index in [1.165, 1.54) is 40.6 Å². The van der Waals surface area contributed by atoms with Gasteiger partial charge in [0.2, 0.25) is 5.91 Å². The Hall–Kier alpha value is -5.28. The lowest BCUT2D eigenvalue weighted by atomic mass is 9.73. The SMILES string of the molecule is CC1(C)CCC(c2ccc(Cl)cc2)=C(CN2CCN(c3ccc(C(=O)NS(=O)(=O)c4ccc(NC(CCN5CCN(C(=O)CN=[N+]=[N-])CC5)CSc5ccccc5)c(S(=O)(=O)C(F)(F)F)c4)cc3)CC2)C1. The van der Waals surface area contributed by atoms with Crippen molar-refractivity contribution in [3.8, 4) is 0 Å². The first kappa shape index (κ1) is 53.5. The smallest absolute Gasteiger partial charge is 0.380 e. The molecule has 4 aromatic carbocycles. The second-order valence-corrected chi connectivity index (χ2v) is 23.8. The third kappa shape index (κ3) is 14.0. The van der Waals surface area contributed by atoms with Gasteiger partial charge in [0.05, 0.1) is 10.6 Å². The number of piperazine rings is 2. The highest BCUT2D eigenvalue weighted by Crippen LogP contribution is 2.43. The normalized spacial score (nSPS) is 17.6. The summed E-state index contributed by atoms with van der Waals surface area (Å²) < 4.78 is 98.4. The molecule has 2 N–H and O–H groups in total. The molecule has 71 heavy (non-hydrogen) atoms. The van der Waals surface area contributed by atoms with Gasteiger partial charge in [0.25, 0.3) is 25.8 Å². The van der Waals surface area contributed by atoms with E-state index in [1.807, 2.05) is 47.2 Å². The fourth-order valence-electron chi connectivity index (χ4n) is 9.08. The van der Waals surface area contributed by atoms with E-state index in [-0.39, 0.29) is 29.2 Å². The van der Waals surface area contributed by atoms with E-state index in [0.717, 1.165) is 74.7 Å². The maximum absolute atomic E-state index is 14.3. The van der Waals surface area contributed by atoms with Crippen molar-refractivity contribution in [2.75, 3.05) is 88.0 Å². The van der Waals surface area contributed by atoms with Crippen LogP contribution in [0, 0.1) is 5.41 Å². The molecule has 7 rings (SSSR count). The van der Waals surface area contributed by atoms with Crippen molar-refractivity contribution in [2.45, 2.75) is 65.8 Å². The number of nitrogens with zero attached hydrogens (tertiary/aromatic N) is 7. The average Bonchev–Trinajstić information content (AvgIpc) is 3.34. The summed E-state index contributed by atoms with van der Waals surface area (Å²) in [5.41, 5.74) is 7.33. The molecule has 1 unspecified atom stereocenters. The first-order chi connectivity index (χ1) is 33.7. The van der Waals surface area contributed by atoms with Crippen molar-refractivity contribution in [3.05, 3.63) is 129 Å². The Labute approximate surface area is 422 Å².